The lowest BCUT2D eigenvalue weighted by Gasteiger charge is -2.08. The van der Waals surface area contributed by atoms with Gasteiger partial charge in [0.2, 0.25) is 0 Å². The molecule has 2 rings (SSSR count). The van der Waals surface area contributed by atoms with Gasteiger partial charge in [-0.3, -0.25) is 4.79 Å². The molecule has 20 heavy (non-hydrogen) atoms. The number of hydrogen-bond donors (Lipinski definition) is 1. The van der Waals surface area contributed by atoms with Crippen LogP contribution in [0.4, 0.5) is 5.69 Å². The van der Waals surface area contributed by atoms with Crippen LogP contribution in [-0.2, 0) is 0 Å². The molecule has 1 aromatic heterocycles. The quantitative estimate of drug-likeness (QED) is 0.901. The molecule has 4 nitrogen and oxygen atoms in total. The van der Waals surface area contributed by atoms with E-state index in [1.54, 1.807) is 6.92 Å². The minimum atomic E-state index is -0.186. The largest absolute Gasteiger partial charge is 0.360 e. The maximum absolute atomic E-state index is 12.4. The zero-order valence-corrected chi connectivity index (χ0v) is 13.5. The fraction of sp³-hybridized carbons (Fsp3) is 0.333. The lowest BCUT2D eigenvalue weighted by atomic mass is 10.0. The molecule has 0 bridgehead atoms. The second-order valence-electron chi connectivity index (χ2n) is 5.08. The fourth-order valence-electron chi connectivity index (χ4n) is 1.97. The van der Waals surface area contributed by atoms with E-state index in [0.717, 1.165) is 15.7 Å². The van der Waals surface area contributed by atoms with Crippen LogP contribution in [0.5, 0.6) is 0 Å². The second-order valence-corrected chi connectivity index (χ2v) is 5.93. The molecule has 0 aliphatic heterocycles. The number of anilines is 1. The van der Waals surface area contributed by atoms with Crippen molar-refractivity contribution in [2.24, 2.45) is 0 Å². The maximum Gasteiger partial charge on any atom is 0.261 e. The Morgan fingerprint density at radius 2 is 2.05 bits per heavy atom. The van der Waals surface area contributed by atoms with Crippen molar-refractivity contribution in [1.29, 1.82) is 0 Å². The molecule has 2 aromatic rings. The van der Waals surface area contributed by atoms with Crippen molar-refractivity contribution in [3.8, 4) is 0 Å². The molecule has 1 heterocycles. The van der Waals surface area contributed by atoms with Gasteiger partial charge in [-0.15, -0.1) is 0 Å². The molecule has 1 aromatic carbocycles. The summed E-state index contributed by atoms with van der Waals surface area (Å²) in [6.07, 6.45) is 0. The zero-order valence-electron chi connectivity index (χ0n) is 12.0. The molecule has 1 amide bonds. The molecule has 0 saturated carbocycles. The van der Waals surface area contributed by atoms with Gasteiger partial charge >= 0.3 is 0 Å². The highest BCUT2D eigenvalue weighted by atomic mass is 79.9. The maximum atomic E-state index is 12.4. The highest BCUT2D eigenvalue weighted by Gasteiger charge is 2.22. The van der Waals surface area contributed by atoms with Crippen LogP contribution in [-0.4, -0.2) is 11.1 Å². The number of nitrogens with zero attached hydrogens (tertiary/aromatic N) is 1. The van der Waals surface area contributed by atoms with Crippen molar-refractivity contribution >= 4 is 27.5 Å². The van der Waals surface area contributed by atoms with E-state index in [1.165, 1.54) is 0 Å². The number of aryl methyl sites for hydroxylation is 2. The van der Waals surface area contributed by atoms with Crippen LogP contribution < -0.4 is 5.32 Å². The summed E-state index contributed by atoms with van der Waals surface area (Å²) in [7, 11) is 0. The van der Waals surface area contributed by atoms with Gasteiger partial charge < -0.3 is 9.84 Å². The first kappa shape index (κ1) is 14.8. The molecule has 0 atom stereocenters. The number of amides is 1. The third kappa shape index (κ3) is 2.93. The molecule has 0 aliphatic carbocycles. The van der Waals surface area contributed by atoms with E-state index >= 15 is 0 Å². The normalized spacial score (nSPS) is 10.9. The van der Waals surface area contributed by atoms with Gasteiger partial charge in [0.25, 0.3) is 5.91 Å². The Bertz CT molecular complexity index is 647. The Hall–Kier alpha value is -1.62. The number of hydrogen-bond acceptors (Lipinski definition) is 3. The lowest BCUT2D eigenvalue weighted by Crippen LogP contribution is -2.14. The number of halogens is 1. The summed E-state index contributed by atoms with van der Waals surface area (Å²) in [6, 6.07) is 5.68. The van der Waals surface area contributed by atoms with Gasteiger partial charge in [-0.2, -0.15) is 0 Å². The smallest absolute Gasteiger partial charge is 0.261 e. The van der Waals surface area contributed by atoms with E-state index < -0.39 is 0 Å². The highest BCUT2D eigenvalue weighted by Crippen LogP contribution is 2.24. The van der Waals surface area contributed by atoms with Crippen LogP contribution in [0.2, 0.25) is 0 Å². The van der Waals surface area contributed by atoms with Crippen molar-refractivity contribution in [3.63, 3.8) is 0 Å². The van der Waals surface area contributed by atoms with Crippen molar-refractivity contribution < 1.29 is 9.32 Å². The third-order valence-electron chi connectivity index (χ3n) is 3.06. The number of carbonyl (C=O) groups excluding carboxylic acids is 1. The van der Waals surface area contributed by atoms with Gasteiger partial charge in [0.05, 0.1) is 5.69 Å². The molecule has 1 N–H and O–H groups in total. The van der Waals surface area contributed by atoms with Crippen molar-refractivity contribution in [3.05, 3.63) is 45.3 Å². The molecule has 0 aliphatic rings. The summed E-state index contributed by atoms with van der Waals surface area (Å²) >= 11 is 3.44. The summed E-state index contributed by atoms with van der Waals surface area (Å²) in [5, 5.41) is 6.78. The van der Waals surface area contributed by atoms with Crippen molar-refractivity contribution in [2.45, 2.75) is 33.6 Å². The monoisotopic (exact) mass is 336 g/mol. The summed E-state index contributed by atoms with van der Waals surface area (Å²) in [6.45, 7) is 7.70. The Kier molecular flexibility index (Phi) is 4.28. The molecule has 0 unspecified atom stereocenters. The SMILES string of the molecule is Cc1cc(NC(=O)c2c(C)noc2C(C)C)ccc1Br. The lowest BCUT2D eigenvalue weighted by molar-refractivity contribution is 0.102. The Morgan fingerprint density at radius 1 is 1.35 bits per heavy atom. The predicted molar refractivity (Wildman–Crippen MR) is 82.2 cm³/mol. The molecule has 5 heteroatoms. The molecular formula is C15H17BrN2O2. The number of carbonyl (C=O) groups is 1. The molecule has 0 saturated heterocycles. The first-order valence-corrected chi connectivity index (χ1v) is 7.23. The average molecular weight is 337 g/mol. The van der Waals surface area contributed by atoms with E-state index in [2.05, 4.69) is 26.4 Å². The summed E-state index contributed by atoms with van der Waals surface area (Å²) in [5.74, 6) is 0.548. The van der Waals surface area contributed by atoms with Crippen LogP contribution in [0.3, 0.4) is 0 Å². The molecule has 106 valence electrons. The molecular weight excluding hydrogens is 320 g/mol. The number of nitrogens with one attached hydrogen (secondary N) is 1. The summed E-state index contributed by atoms with van der Waals surface area (Å²) < 4.78 is 6.25. The van der Waals surface area contributed by atoms with E-state index in [9.17, 15) is 4.79 Å². The summed E-state index contributed by atoms with van der Waals surface area (Å²) in [4.78, 5) is 12.4. The van der Waals surface area contributed by atoms with Crippen LogP contribution in [0.25, 0.3) is 0 Å². The Morgan fingerprint density at radius 3 is 2.65 bits per heavy atom. The van der Waals surface area contributed by atoms with Gasteiger partial charge in [0.15, 0.2) is 5.76 Å². The van der Waals surface area contributed by atoms with Gasteiger partial charge in [-0.05, 0) is 37.6 Å². The zero-order chi connectivity index (χ0) is 14.9. The Labute approximate surface area is 126 Å². The van der Waals surface area contributed by atoms with Crippen LogP contribution in [0.15, 0.2) is 27.2 Å². The first-order valence-electron chi connectivity index (χ1n) is 6.43. The van der Waals surface area contributed by atoms with Gasteiger partial charge in [-0.1, -0.05) is 34.9 Å². The molecule has 0 radical (unpaired) electrons. The van der Waals surface area contributed by atoms with Crippen molar-refractivity contribution in [1.82, 2.24) is 5.16 Å². The van der Waals surface area contributed by atoms with Crippen LogP contribution >= 0.6 is 15.9 Å². The van der Waals surface area contributed by atoms with E-state index in [1.807, 2.05) is 39.0 Å². The van der Waals surface area contributed by atoms with Crippen LogP contribution in [0.1, 0.15) is 47.1 Å². The number of rotatable bonds is 3. The van der Waals surface area contributed by atoms with Gasteiger partial charge in [-0.25, -0.2) is 0 Å². The average Bonchev–Trinajstić information content (AvgIpc) is 2.76. The predicted octanol–water partition coefficient (Wildman–Crippen LogP) is 4.43. The van der Waals surface area contributed by atoms with Gasteiger partial charge in [0.1, 0.15) is 5.56 Å². The second kappa shape index (κ2) is 5.79. The minimum absolute atomic E-state index is 0.114. The minimum Gasteiger partial charge on any atom is -0.360 e. The molecule has 0 spiro atoms. The van der Waals surface area contributed by atoms with E-state index in [0.29, 0.717) is 17.0 Å². The van der Waals surface area contributed by atoms with E-state index in [-0.39, 0.29) is 11.8 Å². The first-order chi connectivity index (χ1) is 9.40. The Balaban J connectivity index is 2.28. The fourth-order valence-corrected chi connectivity index (χ4v) is 2.22. The number of aromatic nitrogens is 1. The van der Waals surface area contributed by atoms with Crippen molar-refractivity contribution in [2.75, 3.05) is 5.32 Å². The standard InChI is InChI=1S/C15H17BrN2O2/c1-8(2)14-13(10(4)18-20-14)15(19)17-11-5-6-12(16)9(3)7-11/h5-8H,1-4H3,(H,17,19). The van der Waals surface area contributed by atoms with Gasteiger partial charge in [0, 0.05) is 16.1 Å². The highest BCUT2D eigenvalue weighted by molar-refractivity contribution is 9.10. The number of benzene rings is 1. The summed E-state index contributed by atoms with van der Waals surface area (Å²) in [5.41, 5.74) is 2.96. The topological polar surface area (TPSA) is 55.1 Å². The van der Waals surface area contributed by atoms with Crippen LogP contribution in [0, 0.1) is 13.8 Å². The third-order valence-corrected chi connectivity index (χ3v) is 3.95. The van der Waals surface area contributed by atoms with E-state index in [4.69, 9.17) is 4.52 Å². The molecule has 0 fully saturated rings.